The predicted molar refractivity (Wildman–Crippen MR) is 91.3 cm³/mol. The lowest BCUT2D eigenvalue weighted by Gasteiger charge is -2.25. The van der Waals surface area contributed by atoms with Gasteiger partial charge in [0.05, 0.1) is 11.4 Å². The number of nitrogens with zero attached hydrogens (tertiary/aromatic N) is 5. The van der Waals surface area contributed by atoms with Crippen LogP contribution in [0.25, 0.3) is 5.69 Å². The number of aromatic nitrogens is 3. The van der Waals surface area contributed by atoms with E-state index in [4.69, 9.17) is 0 Å². The van der Waals surface area contributed by atoms with Crippen LogP contribution in [0.3, 0.4) is 0 Å². The Balaban J connectivity index is 1.60. The molecule has 2 N–H and O–H groups in total. The molecule has 1 aliphatic heterocycles. The smallest absolute Gasteiger partial charge is 0.247 e. The second kappa shape index (κ2) is 5.87. The third kappa shape index (κ3) is 2.56. The molecule has 0 aliphatic carbocycles. The Kier molecular flexibility index (Phi) is 3.55. The Morgan fingerprint density at radius 3 is 2.16 bits per heavy atom. The van der Waals surface area contributed by atoms with Gasteiger partial charge in [-0.15, -0.1) is 5.11 Å². The standard InChI is InChI=1S/C16H15N7O2/c1-21-14(17-20-23(21)13-5-3-2-4-6-13)11-7-9-12(10-8-11)22-15(24)18-19-16(22)25/h2-10,14H,1H3,(H,18,24)(H,19,25). The van der Waals surface area contributed by atoms with Gasteiger partial charge in [0.15, 0.2) is 6.17 Å². The summed E-state index contributed by atoms with van der Waals surface area (Å²) in [4.78, 5) is 23.3. The highest BCUT2D eigenvalue weighted by atomic mass is 16.2. The second-order valence-corrected chi connectivity index (χ2v) is 5.56. The van der Waals surface area contributed by atoms with Crippen LogP contribution in [-0.2, 0) is 0 Å². The molecule has 1 unspecified atom stereocenters. The van der Waals surface area contributed by atoms with Crippen LogP contribution in [0.15, 0.2) is 74.5 Å². The van der Waals surface area contributed by atoms with E-state index in [1.165, 1.54) is 0 Å². The molecule has 0 radical (unpaired) electrons. The van der Waals surface area contributed by atoms with Crippen LogP contribution in [0.1, 0.15) is 11.7 Å². The van der Waals surface area contributed by atoms with Crippen molar-refractivity contribution < 1.29 is 0 Å². The number of nitrogens with one attached hydrogen (secondary N) is 2. The third-order valence-electron chi connectivity index (χ3n) is 4.02. The third-order valence-corrected chi connectivity index (χ3v) is 4.02. The van der Waals surface area contributed by atoms with Gasteiger partial charge in [0, 0.05) is 7.05 Å². The number of H-pyrrole nitrogens is 2. The number of anilines is 1. The van der Waals surface area contributed by atoms with E-state index in [1.807, 2.05) is 54.5 Å². The maximum atomic E-state index is 11.7. The molecule has 0 saturated heterocycles. The van der Waals surface area contributed by atoms with Gasteiger partial charge in [0.1, 0.15) is 0 Å². The molecule has 4 rings (SSSR count). The van der Waals surface area contributed by atoms with Gasteiger partial charge in [0.25, 0.3) is 0 Å². The van der Waals surface area contributed by atoms with Crippen LogP contribution >= 0.6 is 0 Å². The molecule has 2 heterocycles. The molecule has 2 aromatic carbocycles. The molecule has 0 spiro atoms. The molecular formula is C16H15N7O2. The predicted octanol–water partition coefficient (Wildman–Crippen LogP) is 1.59. The van der Waals surface area contributed by atoms with Gasteiger partial charge in [-0.3, -0.25) is 0 Å². The van der Waals surface area contributed by atoms with E-state index in [9.17, 15) is 9.59 Å². The summed E-state index contributed by atoms with van der Waals surface area (Å²) in [6, 6.07) is 16.8. The van der Waals surface area contributed by atoms with Crippen molar-refractivity contribution in [2.45, 2.75) is 6.17 Å². The number of rotatable bonds is 3. The highest BCUT2D eigenvalue weighted by Crippen LogP contribution is 2.32. The first-order chi connectivity index (χ1) is 12.1. The quantitative estimate of drug-likeness (QED) is 0.757. The fourth-order valence-corrected chi connectivity index (χ4v) is 2.76. The number of para-hydroxylation sites is 1. The van der Waals surface area contributed by atoms with E-state index in [0.29, 0.717) is 5.69 Å². The van der Waals surface area contributed by atoms with Crippen molar-refractivity contribution in [2.75, 3.05) is 12.2 Å². The zero-order valence-corrected chi connectivity index (χ0v) is 13.3. The van der Waals surface area contributed by atoms with E-state index < -0.39 is 11.4 Å². The SMILES string of the molecule is CN1C(c2ccc(-n3c(=O)[nH][nH]c3=O)cc2)N=NN1c1ccccc1. The molecular weight excluding hydrogens is 322 g/mol. The normalized spacial score (nSPS) is 17.3. The molecule has 3 aromatic rings. The minimum Gasteiger partial charge on any atom is -0.247 e. The molecule has 1 aliphatic rings. The summed E-state index contributed by atoms with van der Waals surface area (Å²) in [5.41, 5.74) is 1.27. The Labute approximate surface area is 141 Å². The summed E-state index contributed by atoms with van der Waals surface area (Å²) >= 11 is 0. The average molecular weight is 337 g/mol. The van der Waals surface area contributed by atoms with E-state index in [2.05, 4.69) is 20.5 Å². The summed E-state index contributed by atoms with van der Waals surface area (Å²) in [7, 11) is 1.90. The zero-order chi connectivity index (χ0) is 17.4. The maximum Gasteiger partial charge on any atom is 0.348 e. The first-order valence-corrected chi connectivity index (χ1v) is 7.64. The van der Waals surface area contributed by atoms with Crippen molar-refractivity contribution in [3.63, 3.8) is 0 Å². The molecule has 126 valence electrons. The largest absolute Gasteiger partial charge is 0.348 e. The van der Waals surface area contributed by atoms with E-state index in [1.54, 1.807) is 17.3 Å². The Bertz CT molecular complexity index is 989. The summed E-state index contributed by atoms with van der Waals surface area (Å²) < 4.78 is 1.03. The Morgan fingerprint density at radius 1 is 0.880 bits per heavy atom. The number of hydrogen-bond donors (Lipinski definition) is 2. The van der Waals surface area contributed by atoms with Crippen molar-refractivity contribution >= 4 is 5.69 Å². The lowest BCUT2D eigenvalue weighted by Crippen LogP contribution is -2.33. The van der Waals surface area contributed by atoms with Gasteiger partial charge in [-0.1, -0.05) is 35.6 Å². The van der Waals surface area contributed by atoms with Crippen molar-refractivity contribution in [1.82, 2.24) is 19.8 Å². The van der Waals surface area contributed by atoms with Crippen LogP contribution in [-0.4, -0.2) is 26.8 Å². The monoisotopic (exact) mass is 337 g/mol. The number of aromatic amines is 2. The van der Waals surface area contributed by atoms with Crippen molar-refractivity contribution in [2.24, 2.45) is 10.3 Å². The molecule has 9 heteroatoms. The fourth-order valence-electron chi connectivity index (χ4n) is 2.76. The summed E-state index contributed by atoms with van der Waals surface area (Å²) in [5, 5.41) is 16.7. The van der Waals surface area contributed by atoms with Crippen LogP contribution < -0.4 is 16.5 Å². The first kappa shape index (κ1) is 15.1. The fraction of sp³-hybridized carbons (Fsp3) is 0.125. The number of benzene rings is 2. The molecule has 0 bridgehead atoms. The van der Waals surface area contributed by atoms with Gasteiger partial charge in [-0.2, -0.15) is 10.1 Å². The Morgan fingerprint density at radius 2 is 1.52 bits per heavy atom. The molecule has 1 aromatic heterocycles. The van der Waals surface area contributed by atoms with E-state index in [-0.39, 0.29) is 6.17 Å². The van der Waals surface area contributed by atoms with E-state index in [0.717, 1.165) is 15.8 Å². The van der Waals surface area contributed by atoms with Gasteiger partial charge in [-0.25, -0.2) is 24.4 Å². The van der Waals surface area contributed by atoms with Crippen LogP contribution in [0.5, 0.6) is 0 Å². The van der Waals surface area contributed by atoms with Crippen molar-refractivity contribution in [3.05, 3.63) is 81.1 Å². The topological polar surface area (TPSA) is 102 Å². The lowest BCUT2D eigenvalue weighted by molar-refractivity contribution is 0.278. The van der Waals surface area contributed by atoms with Gasteiger partial charge in [-0.05, 0) is 29.8 Å². The average Bonchev–Trinajstić information content (AvgIpc) is 3.18. The van der Waals surface area contributed by atoms with E-state index >= 15 is 0 Å². The van der Waals surface area contributed by atoms with Gasteiger partial charge >= 0.3 is 11.4 Å². The zero-order valence-electron chi connectivity index (χ0n) is 13.3. The van der Waals surface area contributed by atoms with Crippen molar-refractivity contribution in [1.29, 1.82) is 0 Å². The van der Waals surface area contributed by atoms with Gasteiger partial charge < -0.3 is 0 Å². The molecule has 1 atom stereocenters. The highest BCUT2D eigenvalue weighted by Gasteiger charge is 2.28. The minimum absolute atomic E-state index is 0.282. The molecule has 0 saturated carbocycles. The molecule has 25 heavy (non-hydrogen) atoms. The van der Waals surface area contributed by atoms with Crippen LogP contribution in [0.2, 0.25) is 0 Å². The minimum atomic E-state index is -0.509. The highest BCUT2D eigenvalue weighted by molar-refractivity contribution is 5.45. The van der Waals surface area contributed by atoms with Crippen molar-refractivity contribution in [3.8, 4) is 5.69 Å². The Hall–Kier alpha value is -3.46. The molecule has 9 nitrogen and oxygen atoms in total. The maximum absolute atomic E-state index is 11.7. The lowest BCUT2D eigenvalue weighted by atomic mass is 10.1. The second-order valence-electron chi connectivity index (χ2n) is 5.56. The van der Waals surface area contributed by atoms with Gasteiger partial charge in [0.2, 0.25) is 0 Å². The van der Waals surface area contributed by atoms with Crippen LogP contribution in [0.4, 0.5) is 5.69 Å². The molecule has 0 amide bonds. The summed E-state index contributed by atoms with van der Waals surface area (Å²) in [6.07, 6.45) is -0.282. The first-order valence-electron chi connectivity index (χ1n) is 7.64. The summed E-state index contributed by atoms with van der Waals surface area (Å²) in [5.74, 6) is 0. The number of hydrazine groups is 1. The van der Waals surface area contributed by atoms with Crippen LogP contribution in [0, 0.1) is 0 Å². The summed E-state index contributed by atoms with van der Waals surface area (Å²) in [6.45, 7) is 0. The number of hydrogen-bond acceptors (Lipinski definition) is 6. The molecule has 0 fully saturated rings.